The third kappa shape index (κ3) is 2.35. The van der Waals surface area contributed by atoms with Crippen molar-refractivity contribution in [1.29, 1.82) is 0 Å². The van der Waals surface area contributed by atoms with E-state index in [-0.39, 0.29) is 38.7 Å². The third-order valence-electron chi connectivity index (χ3n) is 5.96. The summed E-state index contributed by atoms with van der Waals surface area (Å²) in [6.45, 7) is 0. The van der Waals surface area contributed by atoms with Crippen LogP contribution >= 0.6 is 0 Å². The Morgan fingerprint density at radius 1 is 0.562 bits per heavy atom. The number of aromatic nitrogens is 1. The minimum absolute atomic E-state index is 0.107. The van der Waals surface area contributed by atoms with Crippen molar-refractivity contribution >= 4 is 43.4 Å². The second-order valence-electron chi connectivity index (χ2n) is 7.69. The Hall–Kier alpha value is -4.03. The molecular formula is C26H15NO4S. The first-order chi connectivity index (χ1) is 15.5. The van der Waals surface area contributed by atoms with E-state index >= 15 is 0 Å². The number of hydrogen-bond donors (Lipinski definition) is 0. The summed E-state index contributed by atoms with van der Waals surface area (Å²) < 4.78 is 28.8. The summed E-state index contributed by atoms with van der Waals surface area (Å²) in [4.78, 5) is 26.9. The van der Waals surface area contributed by atoms with E-state index in [9.17, 15) is 18.0 Å². The second kappa shape index (κ2) is 6.48. The smallest absolute Gasteiger partial charge is 0.268 e. The lowest BCUT2D eigenvalue weighted by atomic mass is 9.83. The van der Waals surface area contributed by atoms with Crippen LogP contribution in [-0.2, 0) is 10.0 Å². The standard InChI is InChI=1S/C26H15NO4S/c28-25-19-11-4-5-12-20(19)26(29)23-21(25)15-14-18-17-10-6-7-13-22(17)27(24(18)23)32(30,31)16-8-2-1-3-9-16/h1-15H. The van der Waals surface area contributed by atoms with Crippen molar-refractivity contribution in [2.75, 3.05) is 0 Å². The van der Waals surface area contributed by atoms with E-state index in [1.807, 2.05) is 12.1 Å². The van der Waals surface area contributed by atoms with Gasteiger partial charge in [0.05, 0.1) is 21.5 Å². The molecule has 0 N–H and O–H groups in total. The van der Waals surface area contributed by atoms with Gasteiger partial charge in [-0.2, -0.15) is 0 Å². The zero-order chi connectivity index (χ0) is 22.0. The van der Waals surface area contributed by atoms with Crippen LogP contribution in [-0.4, -0.2) is 24.0 Å². The first-order valence-corrected chi connectivity index (χ1v) is 11.5. The van der Waals surface area contributed by atoms with Gasteiger partial charge in [-0.1, -0.05) is 66.7 Å². The Morgan fingerprint density at radius 2 is 1.19 bits per heavy atom. The number of fused-ring (bicyclic) bond motifs is 6. The minimum Gasteiger partial charge on any atom is -0.289 e. The Morgan fingerprint density at radius 3 is 1.94 bits per heavy atom. The van der Waals surface area contributed by atoms with Crippen LogP contribution in [0.3, 0.4) is 0 Å². The molecular weight excluding hydrogens is 422 g/mol. The number of hydrogen-bond acceptors (Lipinski definition) is 4. The van der Waals surface area contributed by atoms with E-state index in [4.69, 9.17) is 0 Å². The molecule has 1 heterocycles. The molecule has 1 aliphatic rings. The van der Waals surface area contributed by atoms with E-state index in [0.717, 1.165) is 0 Å². The van der Waals surface area contributed by atoms with Gasteiger partial charge in [0.15, 0.2) is 11.6 Å². The summed E-state index contributed by atoms with van der Waals surface area (Å²) in [6.07, 6.45) is 0. The average molecular weight is 437 g/mol. The summed E-state index contributed by atoms with van der Waals surface area (Å²) in [5, 5.41) is 1.31. The second-order valence-corrected chi connectivity index (χ2v) is 9.47. The van der Waals surface area contributed by atoms with Crippen LogP contribution in [0.2, 0.25) is 0 Å². The van der Waals surface area contributed by atoms with Crippen molar-refractivity contribution in [1.82, 2.24) is 3.97 Å². The number of benzene rings is 4. The van der Waals surface area contributed by atoms with E-state index in [2.05, 4.69) is 0 Å². The summed E-state index contributed by atoms with van der Waals surface area (Å²) in [6, 6.07) is 25.2. The average Bonchev–Trinajstić information content (AvgIpc) is 3.18. The summed E-state index contributed by atoms with van der Waals surface area (Å²) in [5.74, 6) is -0.640. The highest BCUT2D eigenvalue weighted by Crippen LogP contribution is 2.39. The molecule has 32 heavy (non-hydrogen) atoms. The molecule has 5 nitrogen and oxygen atoms in total. The fourth-order valence-corrected chi connectivity index (χ4v) is 6.10. The van der Waals surface area contributed by atoms with Crippen LogP contribution in [0.4, 0.5) is 0 Å². The summed E-state index contributed by atoms with van der Waals surface area (Å²) in [5.41, 5.74) is 1.65. The van der Waals surface area contributed by atoms with Crippen LogP contribution < -0.4 is 0 Å². The maximum Gasteiger partial charge on any atom is 0.268 e. The fourth-order valence-electron chi connectivity index (χ4n) is 4.54. The molecule has 0 saturated carbocycles. The van der Waals surface area contributed by atoms with E-state index in [0.29, 0.717) is 21.9 Å². The van der Waals surface area contributed by atoms with Crippen molar-refractivity contribution in [3.05, 3.63) is 113 Å². The molecule has 0 saturated heterocycles. The molecule has 1 aromatic heterocycles. The topological polar surface area (TPSA) is 73.2 Å². The molecule has 6 heteroatoms. The fraction of sp³-hybridized carbons (Fsp3) is 0. The van der Waals surface area contributed by atoms with Gasteiger partial charge < -0.3 is 0 Å². The first kappa shape index (κ1) is 18.7. The molecule has 0 atom stereocenters. The monoisotopic (exact) mass is 437 g/mol. The number of carbonyl (C=O) groups excluding carboxylic acids is 2. The highest BCUT2D eigenvalue weighted by Gasteiger charge is 2.35. The third-order valence-corrected chi connectivity index (χ3v) is 7.69. The van der Waals surface area contributed by atoms with Crippen LogP contribution in [0.5, 0.6) is 0 Å². The lowest BCUT2D eigenvalue weighted by molar-refractivity contribution is 0.0980. The van der Waals surface area contributed by atoms with Gasteiger partial charge in [-0.15, -0.1) is 0 Å². The lowest BCUT2D eigenvalue weighted by Gasteiger charge is -2.19. The van der Waals surface area contributed by atoms with E-state index < -0.39 is 10.0 Å². The zero-order valence-electron chi connectivity index (χ0n) is 16.6. The van der Waals surface area contributed by atoms with Gasteiger partial charge in [0.2, 0.25) is 0 Å². The SMILES string of the molecule is O=C1c2ccccc2C(=O)c2c1ccc1c3ccccc3n(S(=O)(=O)c3ccccc3)c21. The van der Waals surface area contributed by atoms with Gasteiger partial charge in [-0.25, -0.2) is 12.4 Å². The van der Waals surface area contributed by atoms with Gasteiger partial charge in [-0.3, -0.25) is 9.59 Å². The maximum absolute atomic E-state index is 13.8. The summed E-state index contributed by atoms with van der Waals surface area (Å²) >= 11 is 0. The lowest BCUT2D eigenvalue weighted by Crippen LogP contribution is -2.23. The Labute approximate surface area is 183 Å². The first-order valence-electron chi connectivity index (χ1n) is 10.1. The van der Waals surface area contributed by atoms with Crippen molar-refractivity contribution < 1.29 is 18.0 Å². The molecule has 0 fully saturated rings. The molecule has 0 amide bonds. The maximum atomic E-state index is 13.8. The van der Waals surface area contributed by atoms with E-state index in [1.165, 1.54) is 16.1 Å². The number of ketones is 2. The minimum atomic E-state index is -4.05. The molecule has 0 radical (unpaired) electrons. The predicted molar refractivity (Wildman–Crippen MR) is 122 cm³/mol. The highest BCUT2D eigenvalue weighted by molar-refractivity contribution is 7.90. The normalized spacial score (nSPS) is 13.4. The Kier molecular flexibility index (Phi) is 3.79. The number of para-hydroxylation sites is 1. The van der Waals surface area contributed by atoms with Gasteiger partial charge in [-0.05, 0) is 24.3 Å². The summed E-state index contributed by atoms with van der Waals surface area (Å²) in [7, 11) is -4.05. The molecule has 1 aliphatic carbocycles. The Bertz CT molecular complexity index is 1710. The highest BCUT2D eigenvalue weighted by atomic mass is 32.2. The van der Waals surface area contributed by atoms with Crippen molar-refractivity contribution in [2.45, 2.75) is 4.90 Å². The quantitative estimate of drug-likeness (QED) is 0.390. The Balaban J connectivity index is 1.82. The zero-order valence-corrected chi connectivity index (χ0v) is 17.5. The molecule has 0 bridgehead atoms. The van der Waals surface area contributed by atoms with Crippen LogP contribution in [0.25, 0.3) is 21.8 Å². The van der Waals surface area contributed by atoms with Crippen LogP contribution in [0, 0.1) is 0 Å². The molecule has 0 aliphatic heterocycles. The van der Waals surface area contributed by atoms with Gasteiger partial charge >= 0.3 is 0 Å². The molecule has 6 rings (SSSR count). The van der Waals surface area contributed by atoms with Gasteiger partial charge in [0, 0.05) is 27.5 Å². The number of carbonyl (C=O) groups is 2. The number of nitrogens with zero attached hydrogens (tertiary/aromatic N) is 1. The van der Waals surface area contributed by atoms with Crippen LogP contribution in [0.1, 0.15) is 31.8 Å². The van der Waals surface area contributed by atoms with Crippen molar-refractivity contribution in [2.24, 2.45) is 0 Å². The molecule has 0 spiro atoms. The van der Waals surface area contributed by atoms with Gasteiger partial charge in [0.1, 0.15) is 0 Å². The largest absolute Gasteiger partial charge is 0.289 e. The number of rotatable bonds is 2. The van der Waals surface area contributed by atoms with E-state index in [1.54, 1.807) is 66.7 Å². The van der Waals surface area contributed by atoms with Gasteiger partial charge in [0.25, 0.3) is 10.0 Å². The molecule has 154 valence electrons. The van der Waals surface area contributed by atoms with Crippen molar-refractivity contribution in [3.8, 4) is 0 Å². The molecule has 5 aromatic rings. The van der Waals surface area contributed by atoms with Crippen molar-refractivity contribution in [3.63, 3.8) is 0 Å². The molecule has 4 aromatic carbocycles. The molecule has 0 unspecified atom stereocenters. The van der Waals surface area contributed by atoms with Crippen LogP contribution in [0.15, 0.2) is 95.9 Å². The predicted octanol–water partition coefficient (Wildman–Crippen LogP) is 4.81.